The largest absolute Gasteiger partial charge is 0.478 e. The number of carbonyl (C=O) groups is 2. The van der Waals surface area contributed by atoms with Crippen molar-refractivity contribution in [2.45, 2.75) is 51.0 Å². The van der Waals surface area contributed by atoms with Gasteiger partial charge in [0, 0.05) is 13.3 Å². The highest BCUT2D eigenvalue weighted by atomic mass is 16.5. The van der Waals surface area contributed by atoms with E-state index in [0.29, 0.717) is 24.6 Å². The molecule has 0 unspecified atom stereocenters. The van der Waals surface area contributed by atoms with Crippen molar-refractivity contribution in [3.8, 4) is 0 Å². The first-order chi connectivity index (χ1) is 12.0. The molecule has 0 radical (unpaired) electrons. The molecule has 1 aliphatic carbocycles. The SMILES string of the molecule is Cc1nc(C2(NC(=O)CCc3ccc(C(=O)O)cc3)CCCC2)no1. The van der Waals surface area contributed by atoms with Crippen molar-refractivity contribution >= 4 is 11.9 Å². The van der Waals surface area contributed by atoms with Crippen molar-refractivity contribution in [1.82, 2.24) is 15.5 Å². The molecule has 2 aromatic rings. The maximum Gasteiger partial charge on any atom is 0.335 e. The van der Waals surface area contributed by atoms with Crippen LogP contribution in [0.15, 0.2) is 28.8 Å². The summed E-state index contributed by atoms with van der Waals surface area (Å²) in [6.45, 7) is 1.74. The van der Waals surface area contributed by atoms with E-state index >= 15 is 0 Å². The molecule has 1 heterocycles. The zero-order chi connectivity index (χ0) is 17.9. The van der Waals surface area contributed by atoms with Crippen LogP contribution >= 0.6 is 0 Å². The Bertz CT molecular complexity index is 761. The predicted octanol–water partition coefficient (Wildman–Crippen LogP) is 2.59. The Labute approximate surface area is 145 Å². The van der Waals surface area contributed by atoms with E-state index in [-0.39, 0.29) is 11.5 Å². The van der Waals surface area contributed by atoms with E-state index in [1.54, 1.807) is 31.2 Å². The van der Waals surface area contributed by atoms with Crippen molar-refractivity contribution in [3.63, 3.8) is 0 Å². The fourth-order valence-electron chi connectivity index (χ4n) is 3.28. The van der Waals surface area contributed by atoms with Crippen LogP contribution in [0.5, 0.6) is 0 Å². The number of aromatic carboxylic acids is 1. The molecule has 1 amide bonds. The molecule has 1 aliphatic rings. The first kappa shape index (κ1) is 17.1. The summed E-state index contributed by atoms with van der Waals surface area (Å²) in [5.74, 6) is 0.0326. The number of carbonyl (C=O) groups excluding carboxylic acids is 1. The monoisotopic (exact) mass is 343 g/mol. The van der Waals surface area contributed by atoms with Crippen molar-refractivity contribution in [3.05, 3.63) is 47.1 Å². The Morgan fingerprint density at radius 2 is 1.92 bits per heavy atom. The van der Waals surface area contributed by atoms with Crippen LogP contribution in [0.2, 0.25) is 0 Å². The van der Waals surface area contributed by atoms with Crippen LogP contribution in [-0.4, -0.2) is 27.1 Å². The summed E-state index contributed by atoms with van der Waals surface area (Å²) in [7, 11) is 0. The van der Waals surface area contributed by atoms with Gasteiger partial charge < -0.3 is 14.9 Å². The summed E-state index contributed by atoms with van der Waals surface area (Å²) in [5, 5.41) is 16.0. The molecule has 1 aromatic heterocycles. The normalized spacial score (nSPS) is 15.9. The van der Waals surface area contributed by atoms with Gasteiger partial charge in [0.05, 0.1) is 5.56 Å². The third-order valence-electron chi connectivity index (χ3n) is 4.63. The molecule has 1 saturated carbocycles. The van der Waals surface area contributed by atoms with Crippen LogP contribution in [0.25, 0.3) is 0 Å². The first-order valence-corrected chi connectivity index (χ1v) is 8.42. The Kier molecular flexibility index (Phi) is 4.83. The van der Waals surface area contributed by atoms with Gasteiger partial charge >= 0.3 is 5.97 Å². The fourth-order valence-corrected chi connectivity index (χ4v) is 3.28. The quantitative estimate of drug-likeness (QED) is 0.835. The minimum atomic E-state index is -0.956. The molecule has 25 heavy (non-hydrogen) atoms. The minimum absolute atomic E-state index is 0.0633. The molecule has 3 rings (SSSR count). The summed E-state index contributed by atoms with van der Waals surface area (Å²) >= 11 is 0. The molecule has 0 saturated heterocycles. The van der Waals surface area contributed by atoms with Gasteiger partial charge in [-0.25, -0.2) is 4.79 Å². The van der Waals surface area contributed by atoms with Gasteiger partial charge in [-0.2, -0.15) is 4.98 Å². The van der Waals surface area contributed by atoms with Crippen molar-refractivity contribution in [1.29, 1.82) is 0 Å². The van der Waals surface area contributed by atoms with E-state index < -0.39 is 11.5 Å². The van der Waals surface area contributed by atoms with Gasteiger partial charge in [0.1, 0.15) is 5.54 Å². The molecule has 2 N–H and O–H groups in total. The summed E-state index contributed by atoms with van der Waals surface area (Å²) in [6, 6.07) is 6.58. The zero-order valence-corrected chi connectivity index (χ0v) is 14.1. The Morgan fingerprint density at radius 1 is 1.24 bits per heavy atom. The standard InChI is InChI=1S/C18H21N3O4/c1-12-19-17(21-25-12)18(10-2-3-11-18)20-15(22)9-6-13-4-7-14(8-5-13)16(23)24/h4-5,7-8H,2-3,6,9-11H2,1H3,(H,20,22)(H,23,24). The van der Waals surface area contributed by atoms with Crippen LogP contribution in [0, 0.1) is 6.92 Å². The predicted molar refractivity (Wildman–Crippen MR) is 89.0 cm³/mol. The van der Waals surface area contributed by atoms with E-state index in [0.717, 1.165) is 31.2 Å². The maximum absolute atomic E-state index is 12.4. The van der Waals surface area contributed by atoms with Crippen molar-refractivity contribution in [2.75, 3.05) is 0 Å². The number of nitrogens with zero attached hydrogens (tertiary/aromatic N) is 2. The highest BCUT2D eigenvalue weighted by molar-refractivity contribution is 5.87. The second-order valence-electron chi connectivity index (χ2n) is 6.48. The Balaban J connectivity index is 1.61. The number of hydrogen-bond acceptors (Lipinski definition) is 5. The van der Waals surface area contributed by atoms with E-state index in [4.69, 9.17) is 9.63 Å². The average Bonchev–Trinajstić information content (AvgIpc) is 3.23. The summed E-state index contributed by atoms with van der Waals surface area (Å²) < 4.78 is 5.08. The molecule has 0 bridgehead atoms. The van der Waals surface area contributed by atoms with Crippen LogP contribution in [-0.2, 0) is 16.8 Å². The molecule has 132 valence electrons. The lowest BCUT2D eigenvalue weighted by Gasteiger charge is -2.26. The summed E-state index contributed by atoms with van der Waals surface area (Å²) in [6.07, 6.45) is 4.53. The fraction of sp³-hybridized carbons (Fsp3) is 0.444. The van der Waals surface area contributed by atoms with Gasteiger partial charge in [0.15, 0.2) is 5.82 Å². The topological polar surface area (TPSA) is 105 Å². The Morgan fingerprint density at radius 3 is 2.48 bits per heavy atom. The third kappa shape index (κ3) is 3.87. The molecular formula is C18H21N3O4. The van der Waals surface area contributed by atoms with Crippen LogP contribution in [0.1, 0.15) is 59.7 Å². The lowest BCUT2D eigenvalue weighted by molar-refractivity contribution is -0.123. The highest BCUT2D eigenvalue weighted by Crippen LogP contribution is 2.37. The zero-order valence-electron chi connectivity index (χ0n) is 14.1. The summed E-state index contributed by atoms with van der Waals surface area (Å²) in [5.41, 5.74) is 0.642. The molecule has 0 atom stereocenters. The average molecular weight is 343 g/mol. The molecule has 1 fully saturated rings. The number of aromatic nitrogens is 2. The van der Waals surface area contributed by atoms with Gasteiger partial charge in [-0.05, 0) is 37.0 Å². The second kappa shape index (κ2) is 7.04. The van der Waals surface area contributed by atoms with E-state index in [9.17, 15) is 9.59 Å². The highest BCUT2D eigenvalue weighted by Gasteiger charge is 2.41. The first-order valence-electron chi connectivity index (χ1n) is 8.42. The van der Waals surface area contributed by atoms with Gasteiger partial charge in [0.25, 0.3) is 0 Å². The van der Waals surface area contributed by atoms with Gasteiger partial charge in [-0.15, -0.1) is 0 Å². The van der Waals surface area contributed by atoms with Crippen LogP contribution in [0.3, 0.4) is 0 Å². The second-order valence-corrected chi connectivity index (χ2v) is 6.48. The number of hydrogen-bond donors (Lipinski definition) is 2. The van der Waals surface area contributed by atoms with E-state index in [2.05, 4.69) is 15.5 Å². The van der Waals surface area contributed by atoms with Gasteiger partial charge in [-0.1, -0.05) is 30.1 Å². The molecule has 1 aromatic carbocycles. The molecule has 0 spiro atoms. The van der Waals surface area contributed by atoms with Gasteiger partial charge in [0.2, 0.25) is 11.8 Å². The molecule has 7 heteroatoms. The molecular weight excluding hydrogens is 322 g/mol. The van der Waals surface area contributed by atoms with E-state index in [1.807, 2.05) is 0 Å². The number of rotatable bonds is 6. The smallest absolute Gasteiger partial charge is 0.335 e. The lowest BCUT2D eigenvalue weighted by atomic mass is 9.96. The lowest BCUT2D eigenvalue weighted by Crippen LogP contribution is -2.44. The van der Waals surface area contributed by atoms with Crippen LogP contribution in [0.4, 0.5) is 0 Å². The van der Waals surface area contributed by atoms with Crippen LogP contribution < -0.4 is 5.32 Å². The maximum atomic E-state index is 12.4. The third-order valence-corrected chi connectivity index (χ3v) is 4.63. The van der Waals surface area contributed by atoms with Crippen molar-refractivity contribution < 1.29 is 19.2 Å². The van der Waals surface area contributed by atoms with Gasteiger partial charge in [-0.3, -0.25) is 4.79 Å². The van der Waals surface area contributed by atoms with E-state index in [1.165, 1.54) is 0 Å². The number of carboxylic acid groups (broad SMARTS) is 1. The molecule has 0 aliphatic heterocycles. The number of aryl methyl sites for hydroxylation is 2. The summed E-state index contributed by atoms with van der Waals surface area (Å²) in [4.78, 5) is 27.6. The number of carboxylic acids is 1. The number of amides is 1. The Hall–Kier alpha value is -2.70. The minimum Gasteiger partial charge on any atom is -0.478 e. The number of nitrogens with one attached hydrogen (secondary N) is 1. The molecule has 7 nitrogen and oxygen atoms in total. The van der Waals surface area contributed by atoms with Crippen molar-refractivity contribution in [2.24, 2.45) is 0 Å². The number of benzene rings is 1.